The van der Waals surface area contributed by atoms with Crippen LogP contribution in [0.1, 0.15) is 31.4 Å². The molecule has 4 heteroatoms. The van der Waals surface area contributed by atoms with Gasteiger partial charge in [0.25, 0.3) is 0 Å². The molecule has 0 saturated heterocycles. The van der Waals surface area contributed by atoms with E-state index in [9.17, 15) is 5.11 Å². The standard InChI is InChI=1S/C15H22BrNO2/c1-11(18)13-5-6-15(14(16)9-13)17(2)7-8-19-10-12-3-4-12/h5-6,9,11-12,18H,3-4,7-8,10H2,1-2H3/t11-/m0/s1. The Morgan fingerprint density at radius 1 is 1.47 bits per heavy atom. The van der Waals surface area contributed by atoms with Crippen molar-refractivity contribution >= 4 is 21.6 Å². The van der Waals surface area contributed by atoms with Gasteiger partial charge in [-0.25, -0.2) is 0 Å². The Morgan fingerprint density at radius 2 is 2.21 bits per heavy atom. The molecule has 0 amide bonds. The third-order valence-electron chi connectivity index (χ3n) is 3.49. The van der Waals surface area contributed by atoms with Gasteiger partial charge in [0.05, 0.1) is 18.4 Å². The molecule has 0 radical (unpaired) electrons. The second kappa shape index (κ2) is 6.73. The molecule has 0 heterocycles. The minimum Gasteiger partial charge on any atom is -0.389 e. The van der Waals surface area contributed by atoms with Crippen LogP contribution in [0.3, 0.4) is 0 Å². The van der Waals surface area contributed by atoms with E-state index in [0.29, 0.717) is 0 Å². The lowest BCUT2D eigenvalue weighted by Crippen LogP contribution is -2.23. The highest BCUT2D eigenvalue weighted by Crippen LogP contribution is 2.30. The number of hydrogen-bond acceptors (Lipinski definition) is 3. The van der Waals surface area contributed by atoms with Crippen molar-refractivity contribution in [1.82, 2.24) is 0 Å². The van der Waals surface area contributed by atoms with E-state index < -0.39 is 6.10 Å². The molecule has 1 N–H and O–H groups in total. The summed E-state index contributed by atoms with van der Waals surface area (Å²) in [6.45, 7) is 4.32. The Kier molecular flexibility index (Phi) is 5.25. The first-order valence-electron chi connectivity index (χ1n) is 6.84. The van der Waals surface area contributed by atoms with Crippen molar-refractivity contribution in [2.75, 3.05) is 31.7 Å². The molecule has 0 unspecified atom stereocenters. The smallest absolute Gasteiger partial charge is 0.0762 e. The molecule has 1 saturated carbocycles. The second-order valence-corrected chi connectivity index (χ2v) is 6.18. The van der Waals surface area contributed by atoms with Gasteiger partial charge >= 0.3 is 0 Å². The van der Waals surface area contributed by atoms with Crippen molar-refractivity contribution in [3.63, 3.8) is 0 Å². The zero-order chi connectivity index (χ0) is 13.8. The molecule has 0 aromatic heterocycles. The monoisotopic (exact) mass is 327 g/mol. The Bertz CT molecular complexity index is 419. The van der Waals surface area contributed by atoms with Gasteiger partial charge in [0.2, 0.25) is 0 Å². The van der Waals surface area contributed by atoms with E-state index in [-0.39, 0.29) is 0 Å². The van der Waals surface area contributed by atoms with Crippen LogP contribution in [0.15, 0.2) is 22.7 Å². The molecule has 1 aliphatic carbocycles. The van der Waals surface area contributed by atoms with Crippen molar-refractivity contribution < 1.29 is 9.84 Å². The Morgan fingerprint density at radius 3 is 2.79 bits per heavy atom. The van der Waals surface area contributed by atoms with Gasteiger partial charge in [-0.05, 0) is 59.3 Å². The molecular formula is C15H22BrNO2. The van der Waals surface area contributed by atoms with Gasteiger partial charge in [-0.3, -0.25) is 0 Å². The molecule has 19 heavy (non-hydrogen) atoms. The third kappa shape index (κ3) is 4.48. The molecule has 2 rings (SSSR count). The second-order valence-electron chi connectivity index (χ2n) is 5.33. The Labute approximate surface area is 123 Å². The van der Waals surface area contributed by atoms with Crippen LogP contribution in [0.2, 0.25) is 0 Å². The molecular weight excluding hydrogens is 306 g/mol. The summed E-state index contributed by atoms with van der Waals surface area (Å²) in [4.78, 5) is 2.17. The summed E-state index contributed by atoms with van der Waals surface area (Å²) in [5.74, 6) is 0.822. The summed E-state index contributed by atoms with van der Waals surface area (Å²) in [5.41, 5.74) is 2.05. The predicted octanol–water partition coefficient (Wildman–Crippen LogP) is 3.37. The molecule has 1 aliphatic rings. The average Bonchev–Trinajstić information content (AvgIpc) is 3.18. The lowest BCUT2D eigenvalue weighted by Gasteiger charge is -2.21. The highest BCUT2D eigenvalue weighted by molar-refractivity contribution is 9.10. The van der Waals surface area contributed by atoms with Crippen LogP contribution in [-0.2, 0) is 4.74 Å². The van der Waals surface area contributed by atoms with Gasteiger partial charge in [-0.15, -0.1) is 0 Å². The van der Waals surface area contributed by atoms with E-state index in [1.807, 2.05) is 18.2 Å². The Hall–Kier alpha value is -0.580. The highest BCUT2D eigenvalue weighted by Gasteiger charge is 2.21. The van der Waals surface area contributed by atoms with Crippen LogP contribution in [0, 0.1) is 5.92 Å². The SMILES string of the molecule is C[C@H](O)c1ccc(N(C)CCOCC2CC2)c(Br)c1. The molecule has 1 aromatic carbocycles. The maximum Gasteiger partial charge on any atom is 0.0762 e. The predicted molar refractivity (Wildman–Crippen MR) is 81.6 cm³/mol. The van der Waals surface area contributed by atoms with E-state index in [1.165, 1.54) is 12.8 Å². The summed E-state index contributed by atoms with van der Waals surface area (Å²) in [5, 5.41) is 9.55. The maximum absolute atomic E-state index is 9.55. The van der Waals surface area contributed by atoms with Gasteiger partial charge in [0, 0.05) is 24.7 Å². The first-order valence-corrected chi connectivity index (χ1v) is 7.63. The summed E-state index contributed by atoms with van der Waals surface area (Å²) in [7, 11) is 2.06. The van der Waals surface area contributed by atoms with Gasteiger partial charge in [-0.1, -0.05) is 6.07 Å². The summed E-state index contributed by atoms with van der Waals surface area (Å²) in [6.07, 6.45) is 2.24. The molecule has 3 nitrogen and oxygen atoms in total. The zero-order valence-corrected chi connectivity index (χ0v) is 13.2. The number of nitrogens with zero attached hydrogens (tertiary/aromatic N) is 1. The minimum atomic E-state index is -0.433. The number of benzene rings is 1. The normalized spacial score (nSPS) is 16.4. The van der Waals surface area contributed by atoms with Crippen LogP contribution in [0.5, 0.6) is 0 Å². The van der Waals surface area contributed by atoms with E-state index in [4.69, 9.17) is 4.74 Å². The van der Waals surface area contributed by atoms with Crippen LogP contribution in [0.25, 0.3) is 0 Å². The fourth-order valence-corrected chi connectivity index (χ4v) is 2.65. The number of rotatable bonds is 7. The average molecular weight is 328 g/mol. The van der Waals surface area contributed by atoms with E-state index in [1.54, 1.807) is 6.92 Å². The van der Waals surface area contributed by atoms with Gasteiger partial charge in [-0.2, -0.15) is 0 Å². The van der Waals surface area contributed by atoms with Crippen molar-refractivity contribution in [2.24, 2.45) is 5.92 Å². The van der Waals surface area contributed by atoms with Gasteiger partial charge in [0.15, 0.2) is 0 Å². The number of halogens is 1. The number of aliphatic hydroxyl groups excluding tert-OH is 1. The summed E-state index contributed by atoms with van der Waals surface area (Å²) >= 11 is 3.56. The van der Waals surface area contributed by atoms with Gasteiger partial charge < -0.3 is 14.7 Å². The van der Waals surface area contributed by atoms with Crippen LogP contribution in [0.4, 0.5) is 5.69 Å². The molecule has 0 bridgehead atoms. The van der Waals surface area contributed by atoms with E-state index >= 15 is 0 Å². The maximum atomic E-state index is 9.55. The fraction of sp³-hybridized carbons (Fsp3) is 0.600. The number of ether oxygens (including phenoxy) is 1. The highest BCUT2D eigenvalue weighted by atomic mass is 79.9. The number of anilines is 1. The minimum absolute atomic E-state index is 0.433. The van der Waals surface area contributed by atoms with Crippen molar-refractivity contribution in [3.05, 3.63) is 28.2 Å². The first-order chi connectivity index (χ1) is 9.08. The summed E-state index contributed by atoms with van der Waals surface area (Å²) in [6, 6.07) is 5.97. The molecule has 106 valence electrons. The summed E-state index contributed by atoms with van der Waals surface area (Å²) < 4.78 is 6.66. The number of hydrogen-bond donors (Lipinski definition) is 1. The zero-order valence-electron chi connectivity index (χ0n) is 11.6. The topological polar surface area (TPSA) is 32.7 Å². The van der Waals surface area contributed by atoms with Crippen molar-refractivity contribution in [1.29, 1.82) is 0 Å². The Balaban J connectivity index is 1.84. The van der Waals surface area contributed by atoms with Crippen molar-refractivity contribution in [2.45, 2.75) is 25.9 Å². The first kappa shape index (κ1) is 14.8. The van der Waals surface area contributed by atoms with E-state index in [0.717, 1.165) is 41.4 Å². The molecule has 0 aliphatic heterocycles. The fourth-order valence-electron chi connectivity index (χ4n) is 1.95. The largest absolute Gasteiger partial charge is 0.389 e. The van der Waals surface area contributed by atoms with Crippen LogP contribution >= 0.6 is 15.9 Å². The van der Waals surface area contributed by atoms with Crippen LogP contribution in [-0.4, -0.2) is 31.9 Å². The number of aliphatic hydroxyl groups is 1. The molecule has 1 aromatic rings. The third-order valence-corrected chi connectivity index (χ3v) is 4.12. The van der Waals surface area contributed by atoms with E-state index in [2.05, 4.69) is 27.9 Å². The lowest BCUT2D eigenvalue weighted by molar-refractivity contribution is 0.131. The molecule has 0 spiro atoms. The molecule has 1 atom stereocenters. The lowest BCUT2D eigenvalue weighted by atomic mass is 10.1. The number of likely N-dealkylation sites (N-methyl/N-ethyl adjacent to an activating group) is 1. The van der Waals surface area contributed by atoms with Crippen molar-refractivity contribution in [3.8, 4) is 0 Å². The van der Waals surface area contributed by atoms with Gasteiger partial charge in [0.1, 0.15) is 0 Å². The van der Waals surface area contributed by atoms with Crippen LogP contribution < -0.4 is 4.90 Å². The quantitative estimate of drug-likeness (QED) is 0.779. The molecule has 1 fully saturated rings.